The Morgan fingerprint density at radius 3 is 2.39 bits per heavy atom. The zero-order chi connectivity index (χ0) is 15.9. The van der Waals surface area contributed by atoms with Gasteiger partial charge in [-0.15, -0.1) is 0 Å². The minimum Gasteiger partial charge on any atom is -1.00 e. The molecule has 2 rings (SSSR count). The SMILES string of the molecule is Nc1cc[n+]([C@@H]2O[C@H]([C@H]([NH3+])P(=O)(O)O)[C@@H](O)[C@H]2O)c(=O)[nH]1.[Br-].[Br-]. The molecule has 0 unspecified atom stereocenters. The Morgan fingerprint density at radius 1 is 1.35 bits per heavy atom. The van der Waals surface area contributed by atoms with Gasteiger partial charge >= 0.3 is 13.3 Å². The lowest BCUT2D eigenvalue weighted by Crippen LogP contribution is -3.00. The summed E-state index contributed by atoms with van der Waals surface area (Å²) in [6.45, 7) is 0. The second-order valence-electron chi connectivity index (χ2n) is 4.74. The van der Waals surface area contributed by atoms with Crippen molar-refractivity contribution in [1.29, 1.82) is 0 Å². The van der Waals surface area contributed by atoms with E-state index in [1.165, 1.54) is 12.3 Å². The molecule has 10 N–H and O–H groups in total. The highest BCUT2D eigenvalue weighted by Gasteiger charge is 2.54. The fourth-order valence-electron chi connectivity index (χ4n) is 2.08. The van der Waals surface area contributed by atoms with Crippen LogP contribution in [-0.2, 0) is 9.30 Å². The summed E-state index contributed by atoms with van der Waals surface area (Å²) in [5.41, 5.74) is 7.95. The van der Waals surface area contributed by atoms with Crippen LogP contribution in [0.5, 0.6) is 0 Å². The van der Waals surface area contributed by atoms with Gasteiger partial charge in [-0.2, -0.15) is 14.3 Å². The third-order valence-electron chi connectivity index (χ3n) is 3.26. The van der Waals surface area contributed by atoms with Gasteiger partial charge in [0, 0.05) is 6.07 Å². The molecule has 11 nitrogen and oxygen atoms in total. The Bertz CT molecular complexity index is 641. The van der Waals surface area contributed by atoms with E-state index >= 15 is 0 Å². The molecule has 1 aromatic heterocycles. The van der Waals surface area contributed by atoms with Crippen LogP contribution in [0.25, 0.3) is 0 Å². The fraction of sp³-hybridized carbons (Fsp3) is 0.556. The number of nitrogens with one attached hydrogen (secondary N) is 1. The van der Waals surface area contributed by atoms with E-state index in [2.05, 4.69) is 10.7 Å². The fourth-order valence-corrected chi connectivity index (χ4v) is 2.71. The first kappa shape index (κ1) is 22.6. The summed E-state index contributed by atoms with van der Waals surface area (Å²) in [5.74, 6) is -1.49. The van der Waals surface area contributed by atoms with Crippen molar-refractivity contribution in [1.82, 2.24) is 4.98 Å². The summed E-state index contributed by atoms with van der Waals surface area (Å²) >= 11 is 0. The third kappa shape index (κ3) is 4.59. The second-order valence-corrected chi connectivity index (χ2v) is 6.58. The number of nitrogen functional groups attached to an aromatic ring is 1. The Morgan fingerprint density at radius 2 is 1.91 bits per heavy atom. The number of aromatic nitrogens is 2. The molecule has 0 radical (unpaired) electrons. The summed E-state index contributed by atoms with van der Waals surface area (Å²) in [7, 11) is -4.63. The predicted molar refractivity (Wildman–Crippen MR) is 66.3 cm³/mol. The quantitative estimate of drug-likeness (QED) is 0.162. The largest absolute Gasteiger partial charge is 1.00 e. The molecular formula is C9H17Br2N4O7P. The molecule has 134 valence electrons. The van der Waals surface area contributed by atoms with Crippen LogP contribution in [0.15, 0.2) is 17.1 Å². The first-order valence-corrected chi connectivity index (χ1v) is 7.61. The van der Waals surface area contributed by atoms with Gasteiger partial charge in [0.15, 0.2) is 11.9 Å². The Kier molecular flexibility index (Phi) is 8.01. The summed E-state index contributed by atoms with van der Waals surface area (Å²) in [6, 6.07) is 1.34. The molecule has 1 aromatic rings. The van der Waals surface area contributed by atoms with E-state index in [1.54, 1.807) is 0 Å². The van der Waals surface area contributed by atoms with Crippen molar-refractivity contribution in [3.8, 4) is 0 Å². The first-order chi connectivity index (χ1) is 9.62. The molecule has 0 saturated carbocycles. The van der Waals surface area contributed by atoms with Crippen molar-refractivity contribution in [3.05, 3.63) is 22.7 Å². The van der Waals surface area contributed by atoms with E-state index in [0.717, 1.165) is 4.57 Å². The molecule has 23 heavy (non-hydrogen) atoms. The maximum Gasteiger partial charge on any atom is 0.499 e. The molecule has 14 heteroatoms. The molecule has 2 heterocycles. The van der Waals surface area contributed by atoms with Crippen LogP contribution >= 0.6 is 7.60 Å². The molecule has 0 aromatic carbocycles. The number of aliphatic hydroxyl groups excluding tert-OH is 2. The van der Waals surface area contributed by atoms with Crippen molar-refractivity contribution in [3.63, 3.8) is 0 Å². The number of nitrogens with zero attached hydrogens (tertiary/aromatic N) is 1. The molecular weight excluding hydrogens is 467 g/mol. The van der Waals surface area contributed by atoms with Crippen LogP contribution in [-0.4, -0.2) is 49.1 Å². The van der Waals surface area contributed by atoms with E-state index in [1.807, 2.05) is 0 Å². The molecule has 0 amide bonds. The van der Waals surface area contributed by atoms with E-state index in [0.29, 0.717) is 0 Å². The molecule has 0 spiro atoms. The maximum atomic E-state index is 11.7. The van der Waals surface area contributed by atoms with Crippen LogP contribution in [0.2, 0.25) is 0 Å². The van der Waals surface area contributed by atoms with E-state index in [9.17, 15) is 19.6 Å². The second kappa shape index (κ2) is 8.14. The minimum absolute atomic E-state index is 0. The highest BCUT2D eigenvalue weighted by molar-refractivity contribution is 7.52. The highest BCUT2D eigenvalue weighted by Crippen LogP contribution is 2.43. The number of anilines is 1. The van der Waals surface area contributed by atoms with Crippen molar-refractivity contribution >= 4 is 13.4 Å². The number of ether oxygens (including phenoxy) is 1. The highest BCUT2D eigenvalue weighted by atomic mass is 79.9. The minimum atomic E-state index is -4.63. The van der Waals surface area contributed by atoms with E-state index < -0.39 is 43.6 Å². The first-order valence-electron chi connectivity index (χ1n) is 5.92. The lowest BCUT2D eigenvalue weighted by molar-refractivity contribution is -0.780. The number of hydrogen-bond donors (Lipinski definition) is 7. The molecule has 1 aliphatic heterocycles. The van der Waals surface area contributed by atoms with Gasteiger partial charge in [-0.05, 0) is 0 Å². The lowest BCUT2D eigenvalue weighted by atomic mass is 10.1. The van der Waals surface area contributed by atoms with Gasteiger partial charge in [-0.3, -0.25) is 4.57 Å². The number of aliphatic hydroxyl groups is 2. The smallest absolute Gasteiger partial charge is 0.499 e. The summed E-state index contributed by atoms with van der Waals surface area (Å²) in [5, 5.41) is 19.8. The Balaban J connectivity index is 0.00000242. The van der Waals surface area contributed by atoms with Gasteiger partial charge in [0.2, 0.25) is 12.0 Å². The average molecular weight is 484 g/mol. The monoisotopic (exact) mass is 482 g/mol. The van der Waals surface area contributed by atoms with Crippen molar-refractivity contribution in [2.75, 3.05) is 5.73 Å². The van der Waals surface area contributed by atoms with Crippen LogP contribution in [0, 0.1) is 0 Å². The molecule has 0 bridgehead atoms. The molecule has 0 aliphatic carbocycles. The molecule has 5 atom stereocenters. The Labute approximate surface area is 151 Å². The number of hydrogen-bond acceptors (Lipinski definition) is 6. The zero-order valence-electron chi connectivity index (χ0n) is 11.5. The van der Waals surface area contributed by atoms with Gasteiger partial charge in [-0.25, -0.2) is 0 Å². The third-order valence-corrected chi connectivity index (χ3v) is 4.42. The summed E-state index contributed by atoms with van der Waals surface area (Å²) < 4.78 is 17.3. The number of H-pyrrole nitrogens is 1. The van der Waals surface area contributed by atoms with E-state index in [-0.39, 0.29) is 39.8 Å². The number of nitrogens with two attached hydrogens (primary N) is 1. The summed E-state index contributed by atoms with van der Waals surface area (Å²) in [4.78, 5) is 32.2. The van der Waals surface area contributed by atoms with E-state index in [4.69, 9.17) is 20.3 Å². The molecule has 1 saturated heterocycles. The topological polar surface area (TPSA) is 198 Å². The van der Waals surface area contributed by atoms with Crippen LogP contribution < -0.4 is 55.7 Å². The standard InChI is InChI=1S/C9H15N4O7P.2BrH/c10-3-1-2-13(9(16)12-3)8-5(15)4(14)6(20-8)7(11)21(17,18)19;;/h1-2,4-8,14-15H,11H2,(H4,10,12,16,17,18,19);2*1H/t4-,5+,6-,7+,8+;;/m0../s1. The predicted octanol–water partition coefficient (Wildman–Crippen LogP) is -10.4. The maximum absolute atomic E-state index is 11.7. The van der Waals surface area contributed by atoms with Crippen molar-refractivity contribution in [2.24, 2.45) is 0 Å². The molecule has 1 aliphatic rings. The van der Waals surface area contributed by atoms with Crippen molar-refractivity contribution in [2.45, 2.75) is 30.3 Å². The normalized spacial score (nSPS) is 28.6. The molecule has 1 fully saturated rings. The zero-order valence-corrected chi connectivity index (χ0v) is 15.6. The Hall–Kier alpha value is -0.370. The number of aromatic amines is 1. The van der Waals surface area contributed by atoms with Gasteiger partial charge in [0.05, 0.1) is 0 Å². The number of rotatable bonds is 3. The van der Waals surface area contributed by atoms with Crippen molar-refractivity contribution < 1.29 is 73.6 Å². The van der Waals surface area contributed by atoms with Crippen LogP contribution in [0.1, 0.15) is 6.23 Å². The van der Waals surface area contributed by atoms with Gasteiger partial charge in [0.1, 0.15) is 18.4 Å². The number of quaternary nitrogens is 1. The average Bonchev–Trinajstić information content (AvgIpc) is 2.65. The lowest BCUT2D eigenvalue weighted by Gasteiger charge is -2.19. The number of halogens is 2. The van der Waals surface area contributed by atoms with Gasteiger partial charge in [-0.1, -0.05) is 0 Å². The van der Waals surface area contributed by atoms with Gasteiger partial charge in [0.25, 0.3) is 0 Å². The summed E-state index contributed by atoms with van der Waals surface area (Å²) in [6.07, 6.45) is -4.66. The van der Waals surface area contributed by atoms with Gasteiger partial charge < -0.3 is 70.2 Å². The van der Waals surface area contributed by atoms with Crippen LogP contribution in [0.3, 0.4) is 0 Å². The van der Waals surface area contributed by atoms with Crippen LogP contribution in [0.4, 0.5) is 5.82 Å².